The molecule has 0 spiro atoms. The number of hydrogen-bond acceptors (Lipinski definition) is 1. The van der Waals surface area contributed by atoms with Crippen LogP contribution in [-0.2, 0) is 0 Å². The minimum atomic E-state index is 0.106. The van der Waals surface area contributed by atoms with Crippen molar-refractivity contribution < 1.29 is 0 Å². The Bertz CT molecular complexity index is 162. The molecule has 0 heterocycles. The average molecular weight is 151 g/mol. The molecule has 0 N–H and O–H groups in total. The van der Waals surface area contributed by atoms with Gasteiger partial charge in [0.1, 0.15) is 0 Å². The van der Waals surface area contributed by atoms with Gasteiger partial charge in [0.2, 0.25) is 0 Å². The van der Waals surface area contributed by atoms with E-state index in [1.54, 1.807) is 0 Å². The average Bonchev–Trinajstić information content (AvgIpc) is 2.80. The Morgan fingerprint density at radius 1 is 1.55 bits per heavy atom. The fourth-order valence-electron chi connectivity index (χ4n) is 1.64. The first kappa shape index (κ1) is 8.59. The Balaban J connectivity index is 2.30. The molecule has 1 heteroatoms. The minimum absolute atomic E-state index is 0.106. The van der Waals surface area contributed by atoms with Gasteiger partial charge in [0.25, 0.3) is 0 Å². The largest absolute Gasteiger partial charge is 0.198 e. The maximum absolute atomic E-state index is 8.88. The van der Waals surface area contributed by atoms with Crippen LogP contribution < -0.4 is 0 Å². The maximum Gasteiger partial charge on any atom is 0.0692 e. The van der Waals surface area contributed by atoms with Crippen LogP contribution in [0.1, 0.15) is 46.0 Å². The second kappa shape index (κ2) is 3.26. The van der Waals surface area contributed by atoms with Gasteiger partial charge in [-0.1, -0.05) is 26.7 Å². The molecule has 0 aromatic carbocycles. The Kier molecular flexibility index (Phi) is 2.54. The highest BCUT2D eigenvalue weighted by atomic mass is 14.5. The van der Waals surface area contributed by atoms with Crippen molar-refractivity contribution in [2.75, 3.05) is 0 Å². The summed E-state index contributed by atoms with van der Waals surface area (Å²) in [6, 6.07) is 2.46. The van der Waals surface area contributed by atoms with Crippen LogP contribution in [0.3, 0.4) is 0 Å². The number of rotatable bonds is 4. The van der Waals surface area contributed by atoms with Gasteiger partial charge in [-0.2, -0.15) is 5.26 Å². The smallest absolute Gasteiger partial charge is 0.0692 e. The highest BCUT2D eigenvalue weighted by Crippen LogP contribution is 2.52. The van der Waals surface area contributed by atoms with E-state index in [2.05, 4.69) is 19.9 Å². The van der Waals surface area contributed by atoms with Gasteiger partial charge in [0.05, 0.1) is 11.5 Å². The molecular weight excluding hydrogens is 134 g/mol. The third kappa shape index (κ3) is 1.74. The van der Waals surface area contributed by atoms with Crippen molar-refractivity contribution in [3.63, 3.8) is 0 Å². The van der Waals surface area contributed by atoms with Crippen molar-refractivity contribution in [3.8, 4) is 6.07 Å². The zero-order chi connectivity index (χ0) is 8.32. The molecule has 0 saturated heterocycles. The zero-order valence-corrected chi connectivity index (χ0v) is 7.56. The standard InChI is InChI=1S/C10H17N/c1-3-4-5-9(2)10(8-11)6-7-10/h9H,3-7H2,1-2H3. The van der Waals surface area contributed by atoms with Crippen LogP contribution in [0.4, 0.5) is 0 Å². The summed E-state index contributed by atoms with van der Waals surface area (Å²) < 4.78 is 0. The predicted molar refractivity (Wildman–Crippen MR) is 46.0 cm³/mol. The molecule has 1 atom stereocenters. The van der Waals surface area contributed by atoms with Crippen LogP contribution in [0.2, 0.25) is 0 Å². The van der Waals surface area contributed by atoms with E-state index in [9.17, 15) is 0 Å². The summed E-state index contributed by atoms with van der Waals surface area (Å²) in [7, 11) is 0. The summed E-state index contributed by atoms with van der Waals surface area (Å²) in [6.45, 7) is 4.44. The summed E-state index contributed by atoms with van der Waals surface area (Å²) in [4.78, 5) is 0. The van der Waals surface area contributed by atoms with Crippen LogP contribution in [0.25, 0.3) is 0 Å². The van der Waals surface area contributed by atoms with Crippen molar-refractivity contribution in [1.29, 1.82) is 5.26 Å². The Morgan fingerprint density at radius 3 is 2.55 bits per heavy atom. The summed E-state index contributed by atoms with van der Waals surface area (Å²) in [6.07, 6.45) is 6.07. The molecular formula is C10H17N. The third-order valence-corrected chi connectivity index (χ3v) is 2.95. The predicted octanol–water partition coefficient (Wildman–Crippen LogP) is 3.12. The van der Waals surface area contributed by atoms with E-state index in [1.807, 2.05) is 0 Å². The van der Waals surface area contributed by atoms with E-state index in [4.69, 9.17) is 5.26 Å². The van der Waals surface area contributed by atoms with E-state index >= 15 is 0 Å². The van der Waals surface area contributed by atoms with Gasteiger partial charge in [-0.15, -0.1) is 0 Å². The highest BCUT2D eigenvalue weighted by Gasteiger charge is 2.47. The number of nitriles is 1. The zero-order valence-electron chi connectivity index (χ0n) is 7.56. The van der Waals surface area contributed by atoms with E-state index in [1.165, 1.54) is 19.3 Å². The van der Waals surface area contributed by atoms with E-state index in [0.717, 1.165) is 12.8 Å². The molecule has 62 valence electrons. The molecule has 1 rings (SSSR count). The second-order valence-electron chi connectivity index (χ2n) is 3.81. The maximum atomic E-state index is 8.88. The van der Waals surface area contributed by atoms with E-state index in [-0.39, 0.29) is 5.41 Å². The van der Waals surface area contributed by atoms with Gasteiger partial charge in [-0.25, -0.2) is 0 Å². The number of hydrogen-bond donors (Lipinski definition) is 0. The second-order valence-corrected chi connectivity index (χ2v) is 3.81. The number of nitrogens with zero attached hydrogens (tertiary/aromatic N) is 1. The Hall–Kier alpha value is -0.510. The quantitative estimate of drug-likeness (QED) is 0.605. The minimum Gasteiger partial charge on any atom is -0.198 e. The van der Waals surface area contributed by atoms with Crippen LogP contribution in [0.5, 0.6) is 0 Å². The molecule has 0 aliphatic heterocycles. The fourth-order valence-corrected chi connectivity index (χ4v) is 1.64. The highest BCUT2D eigenvalue weighted by molar-refractivity contribution is 5.12. The topological polar surface area (TPSA) is 23.8 Å². The van der Waals surface area contributed by atoms with Crippen LogP contribution in [0, 0.1) is 22.7 Å². The monoisotopic (exact) mass is 151 g/mol. The molecule has 11 heavy (non-hydrogen) atoms. The number of unbranched alkanes of at least 4 members (excludes halogenated alkanes) is 1. The van der Waals surface area contributed by atoms with Gasteiger partial charge in [0, 0.05) is 0 Å². The lowest BCUT2D eigenvalue weighted by molar-refractivity contribution is 0.379. The molecule has 1 aliphatic carbocycles. The lowest BCUT2D eigenvalue weighted by Crippen LogP contribution is -2.09. The van der Waals surface area contributed by atoms with Crippen LogP contribution in [0.15, 0.2) is 0 Å². The molecule has 0 bridgehead atoms. The van der Waals surface area contributed by atoms with Gasteiger partial charge in [-0.3, -0.25) is 0 Å². The molecule has 1 unspecified atom stereocenters. The van der Waals surface area contributed by atoms with E-state index in [0.29, 0.717) is 5.92 Å². The molecule has 1 fully saturated rings. The Morgan fingerprint density at radius 2 is 2.18 bits per heavy atom. The SMILES string of the molecule is CCCCC(C)C1(C#N)CC1. The molecule has 1 aliphatic rings. The first-order valence-corrected chi connectivity index (χ1v) is 4.66. The van der Waals surface area contributed by atoms with Gasteiger partial charge in [0.15, 0.2) is 0 Å². The first-order valence-electron chi connectivity index (χ1n) is 4.66. The van der Waals surface area contributed by atoms with Crippen molar-refractivity contribution in [1.82, 2.24) is 0 Å². The van der Waals surface area contributed by atoms with Crippen molar-refractivity contribution in [2.24, 2.45) is 11.3 Å². The summed E-state index contributed by atoms with van der Waals surface area (Å²) >= 11 is 0. The van der Waals surface area contributed by atoms with Crippen molar-refractivity contribution >= 4 is 0 Å². The lowest BCUT2D eigenvalue weighted by atomic mass is 9.88. The summed E-state index contributed by atoms with van der Waals surface area (Å²) in [5, 5.41) is 8.88. The lowest BCUT2D eigenvalue weighted by Gasteiger charge is -2.14. The molecule has 1 nitrogen and oxygen atoms in total. The van der Waals surface area contributed by atoms with Crippen molar-refractivity contribution in [2.45, 2.75) is 46.0 Å². The third-order valence-electron chi connectivity index (χ3n) is 2.95. The van der Waals surface area contributed by atoms with Gasteiger partial charge < -0.3 is 0 Å². The van der Waals surface area contributed by atoms with Crippen LogP contribution >= 0.6 is 0 Å². The van der Waals surface area contributed by atoms with Gasteiger partial charge >= 0.3 is 0 Å². The molecule has 0 amide bonds. The van der Waals surface area contributed by atoms with Crippen molar-refractivity contribution in [3.05, 3.63) is 0 Å². The van der Waals surface area contributed by atoms with Gasteiger partial charge in [-0.05, 0) is 25.2 Å². The van der Waals surface area contributed by atoms with E-state index < -0.39 is 0 Å². The molecule has 0 aromatic heterocycles. The summed E-state index contributed by atoms with van der Waals surface area (Å²) in [5.41, 5.74) is 0.106. The summed E-state index contributed by atoms with van der Waals surface area (Å²) in [5.74, 6) is 0.632. The molecule has 0 aromatic rings. The fraction of sp³-hybridized carbons (Fsp3) is 0.900. The molecule has 0 radical (unpaired) electrons. The van der Waals surface area contributed by atoms with Crippen LogP contribution in [-0.4, -0.2) is 0 Å². The molecule has 1 saturated carbocycles. The Labute approximate surface area is 69.4 Å². The first-order chi connectivity index (χ1) is 5.25. The normalized spacial score (nSPS) is 22.3.